The van der Waals surface area contributed by atoms with Gasteiger partial charge < -0.3 is 39.3 Å². The summed E-state index contributed by atoms with van der Waals surface area (Å²) in [6, 6.07) is 19.8. The van der Waals surface area contributed by atoms with E-state index in [9.17, 15) is 33.9 Å². The second kappa shape index (κ2) is 35.3. The van der Waals surface area contributed by atoms with E-state index >= 15 is 8.78 Å². The Morgan fingerprint density at radius 1 is 0.571 bits per heavy atom. The van der Waals surface area contributed by atoms with Gasteiger partial charge in [-0.15, -0.1) is 0 Å². The van der Waals surface area contributed by atoms with Crippen molar-refractivity contribution in [2.75, 3.05) is 45.9 Å². The molecule has 2 aliphatic rings. The molecule has 0 aliphatic carbocycles. The number of ether oxygens (including phenoxy) is 1. The van der Waals surface area contributed by atoms with Crippen molar-refractivity contribution in [2.24, 2.45) is 11.8 Å². The molecule has 8 rings (SSSR count). The van der Waals surface area contributed by atoms with E-state index in [0.717, 1.165) is 108 Å². The quantitative estimate of drug-likeness (QED) is 0.0215. The van der Waals surface area contributed by atoms with E-state index in [2.05, 4.69) is 9.80 Å². The average molecular weight is 1290 g/mol. The van der Waals surface area contributed by atoms with Gasteiger partial charge in [0.25, 0.3) is 11.1 Å². The van der Waals surface area contributed by atoms with Crippen LogP contribution in [0.5, 0.6) is 0 Å². The van der Waals surface area contributed by atoms with Crippen molar-refractivity contribution in [3.63, 3.8) is 0 Å². The molecule has 2 fully saturated rings. The topological polar surface area (TPSA) is 192 Å². The van der Waals surface area contributed by atoms with Crippen molar-refractivity contribution < 1.29 is 67.2 Å². The minimum atomic E-state index is -1.15. The number of benzene rings is 4. The zero-order valence-electron chi connectivity index (χ0n) is 55.0. The molecule has 4 atom stereocenters. The smallest absolute Gasteiger partial charge is 0.727 e. The van der Waals surface area contributed by atoms with Crippen LogP contribution in [-0.4, -0.2) is 98.7 Å². The molecule has 0 radical (unpaired) electrons. The van der Waals surface area contributed by atoms with Crippen LogP contribution in [0.2, 0.25) is 10.0 Å². The molecule has 19 heteroatoms. The number of hydrogen-bond donors (Lipinski definition) is 2. The third-order valence-electron chi connectivity index (χ3n) is 17.5. The number of carbonyl (C=O) groups is 4. The third kappa shape index (κ3) is 20.2. The summed E-state index contributed by atoms with van der Waals surface area (Å²) in [6.07, 6.45) is 7.39. The zero-order valence-corrected chi connectivity index (χ0v) is 56.5. The van der Waals surface area contributed by atoms with Gasteiger partial charge in [0.1, 0.15) is 11.6 Å². The van der Waals surface area contributed by atoms with Crippen LogP contribution in [0, 0.1) is 65.0 Å². The van der Waals surface area contributed by atoms with Crippen LogP contribution in [0.25, 0.3) is 22.3 Å². The van der Waals surface area contributed by atoms with Gasteiger partial charge >= 0.3 is 30.8 Å². The standard InChI is InChI=1S/C37H46ClFN2O4.C35H42ClFN2O4.Li.H2O2/c1-7-45-35(44)21-28(30-18-29(19-31(38)37(30)39)36-24(4)10-8-11-25(36)5)20-33(42)32(16-23(2)3)41-22-27(26(6)17-34(41)43)12-15-40-13-9-14-40;1-21(2)14-30(39-20-25(24(5)15-32(39)41)10-13-38-11-7-12-38)31(40)18-26(19-33(42)43)28-16-27(17-29(36)35(28)37)34-22(3)8-6-9-23(34)4;;1-2/h8,10-11,17-19,22-23,28,32H,7,9,12-16,20-21H2,1-6H3;6,8-9,15-17,20-21,26,30H,7,10-14,18-19H2,1-5H3,(H,42,43);;1-2H/q;;+1;/p-1/t28-,32?;26-,30?;;/m00../s1. The number of rotatable bonds is 27. The van der Waals surface area contributed by atoms with Crippen molar-refractivity contribution in [1.29, 1.82) is 0 Å². The maximum absolute atomic E-state index is 15.9. The molecule has 2 N–H and O–H groups in total. The molecule has 486 valence electrons. The van der Waals surface area contributed by atoms with Crippen LogP contribution in [0.4, 0.5) is 8.78 Å². The van der Waals surface area contributed by atoms with Crippen molar-refractivity contribution >= 4 is 46.7 Å². The van der Waals surface area contributed by atoms with Gasteiger partial charge in [0.05, 0.1) is 41.6 Å². The Morgan fingerprint density at radius 2 is 0.934 bits per heavy atom. The maximum atomic E-state index is 15.9. The summed E-state index contributed by atoms with van der Waals surface area (Å²) in [6.45, 7) is 27.7. The van der Waals surface area contributed by atoms with Crippen LogP contribution < -0.4 is 35.2 Å². The van der Waals surface area contributed by atoms with Crippen LogP contribution >= 0.6 is 23.2 Å². The molecule has 4 aromatic carbocycles. The number of carboxylic acids is 1. The Bertz CT molecular complexity index is 3600. The van der Waals surface area contributed by atoms with E-state index in [0.29, 0.717) is 24.0 Å². The first-order valence-electron chi connectivity index (χ1n) is 31.3. The fourth-order valence-corrected chi connectivity index (χ4v) is 12.9. The molecule has 0 bridgehead atoms. The number of aromatic nitrogens is 2. The number of hydrogen-bond acceptors (Lipinski definition) is 11. The van der Waals surface area contributed by atoms with Gasteiger partial charge in [-0.25, -0.2) is 8.78 Å². The van der Waals surface area contributed by atoms with E-state index in [1.165, 1.54) is 17.4 Å². The summed E-state index contributed by atoms with van der Waals surface area (Å²) < 4.78 is 39.8. The van der Waals surface area contributed by atoms with Gasteiger partial charge in [-0.3, -0.25) is 28.8 Å². The Kier molecular flexibility index (Phi) is 29.3. The molecular weight excluding hydrogens is 1200 g/mol. The van der Waals surface area contributed by atoms with Gasteiger partial charge in [0, 0.05) is 62.3 Å². The van der Waals surface area contributed by atoms with Crippen molar-refractivity contribution in [1.82, 2.24) is 18.9 Å². The van der Waals surface area contributed by atoms with E-state index in [-0.39, 0.29) is 100 Å². The first-order chi connectivity index (χ1) is 42.7. The number of nitrogens with zero attached hydrogens (tertiary/aromatic N) is 4. The molecule has 2 unspecified atom stereocenters. The number of Topliss-reactive ketones (excluding diaryl/α,β-unsaturated/α-hetero) is 2. The number of likely N-dealkylation sites (tertiary alicyclic amines) is 2. The number of carbonyl (C=O) groups excluding carboxylic acids is 3. The van der Waals surface area contributed by atoms with Crippen LogP contribution in [0.15, 0.2) is 94.8 Å². The Labute approximate surface area is 557 Å². The first-order valence-corrected chi connectivity index (χ1v) is 32.1. The molecule has 6 aromatic rings. The van der Waals surface area contributed by atoms with Crippen LogP contribution in [0.1, 0.15) is 166 Å². The molecule has 2 aliphatic heterocycles. The number of ketones is 2. The normalized spacial score (nSPS) is 14.4. The Balaban J connectivity index is 0.000000319. The predicted octanol–water partition coefficient (Wildman–Crippen LogP) is 10.9. The van der Waals surface area contributed by atoms with Crippen molar-refractivity contribution in [3.8, 4) is 22.3 Å². The Hall–Kier alpha value is -6.06. The largest absolute Gasteiger partial charge is 1.00 e. The fraction of sp³-hybridized carbons (Fsp3) is 0.472. The maximum Gasteiger partial charge on any atom is 1.00 e. The first kappa shape index (κ1) is 75.7. The average Bonchev–Trinajstić information content (AvgIpc) is 0.826. The summed E-state index contributed by atoms with van der Waals surface area (Å²) in [5.74, 6) is -5.18. The zero-order chi connectivity index (χ0) is 66.3. The minimum absolute atomic E-state index is 0. The molecule has 91 heavy (non-hydrogen) atoms. The second-order valence-electron chi connectivity index (χ2n) is 25.2. The number of halogens is 4. The summed E-state index contributed by atoms with van der Waals surface area (Å²) in [4.78, 5) is 84.5. The van der Waals surface area contributed by atoms with Crippen LogP contribution in [-0.2, 0) is 36.8 Å². The molecule has 2 saturated heterocycles. The van der Waals surface area contributed by atoms with Gasteiger partial charge in [-0.1, -0.05) is 87.3 Å². The molecule has 0 amide bonds. The van der Waals surface area contributed by atoms with Gasteiger partial charge in [-0.2, -0.15) is 0 Å². The molecule has 2 aromatic heterocycles. The van der Waals surface area contributed by atoms with E-state index in [4.69, 9.17) is 38.5 Å². The molecule has 0 spiro atoms. The second-order valence-corrected chi connectivity index (χ2v) is 26.0. The molecule has 4 heterocycles. The fourth-order valence-electron chi connectivity index (χ4n) is 12.5. The molecule has 0 saturated carbocycles. The Morgan fingerprint density at radius 3 is 1.25 bits per heavy atom. The van der Waals surface area contributed by atoms with Gasteiger partial charge in [0.15, 0.2) is 11.6 Å². The number of carboxylic acid groups (broad SMARTS) is 1. The third-order valence-corrected chi connectivity index (χ3v) is 18.0. The summed E-state index contributed by atoms with van der Waals surface area (Å²) in [5, 5.41) is 22.6. The number of esters is 1. The predicted molar refractivity (Wildman–Crippen MR) is 351 cm³/mol. The minimum Gasteiger partial charge on any atom is -0.727 e. The van der Waals surface area contributed by atoms with E-state index in [1.54, 1.807) is 54.1 Å². The number of pyridine rings is 2. The summed E-state index contributed by atoms with van der Waals surface area (Å²) in [7, 11) is 0. The summed E-state index contributed by atoms with van der Waals surface area (Å²) >= 11 is 12.9. The van der Waals surface area contributed by atoms with E-state index < -0.39 is 53.9 Å². The summed E-state index contributed by atoms with van der Waals surface area (Å²) in [5.41, 5.74) is 10.8. The number of aliphatic carboxylic acids is 1. The van der Waals surface area contributed by atoms with Crippen LogP contribution in [0.3, 0.4) is 0 Å². The van der Waals surface area contributed by atoms with E-state index in [1.807, 2.05) is 112 Å². The van der Waals surface area contributed by atoms with Gasteiger partial charge in [0.2, 0.25) is 0 Å². The SMILES string of the molecule is CCOC(=O)C[C@H](CC(=O)C(CC(C)C)n1cc(CCN2CCC2)c(C)cc1=O)c1cc(-c2c(C)cccc2C)cc(Cl)c1F.Cc1cc(=O)n(C(CC(C)C)C(=O)C[C@@H](CC(=O)O)c2cc(-c3c(C)cccc3C)cc(Cl)c2F)cc1CCN1CCC1.[Li+].[O-]O. The van der Waals surface area contributed by atoms with Crippen molar-refractivity contribution in [2.45, 2.75) is 164 Å². The molecular formula is C72H89Cl2F2LiN4O10. The monoisotopic (exact) mass is 1280 g/mol. The van der Waals surface area contributed by atoms with Gasteiger partial charge in [-0.05, 0) is 227 Å². The number of aryl methyl sites for hydroxylation is 6. The van der Waals surface area contributed by atoms with Crippen molar-refractivity contribution in [3.05, 3.63) is 183 Å². The molecule has 14 nitrogen and oxygen atoms in total.